The minimum Gasteiger partial charge on any atom is -0.475 e. The molecule has 4 aromatic rings. The van der Waals surface area contributed by atoms with E-state index < -0.39 is 16.1 Å². The van der Waals surface area contributed by atoms with Gasteiger partial charge in [-0.15, -0.1) is 0 Å². The topological polar surface area (TPSA) is 136 Å². The molecule has 12 nitrogen and oxygen atoms in total. The lowest BCUT2D eigenvalue weighted by Gasteiger charge is -2.35. The summed E-state index contributed by atoms with van der Waals surface area (Å²) in [6.45, 7) is 12.8. The molecule has 0 saturated heterocycles. The highest BCUT2D eigenvalue weighted by atomic mass is 32.2. The number of nitrogens with zero attached hydrogens (tertiary/aromatic N) is 5. The number of hydrogen-bond donors (Lipinski definition) is 1. The van der Waals surface area contributed by atoms with Gasteiger partial charge in [0.05, 0.1) is 42.1 Å². The zero-order chi connectivity index (χ0) is 36.8. The molecule has 1 aliphatic heterocycles. The summed E-state index contributed by atoms with van der Waals surface area (Å²) < 4.78 is 47.1. The van der Waals surface area contributed by atoms with Crippen LogP contribution in [-0.2, 0) is 26.0 Å². The largest absolute Gasteiger partial charge is 0.475 e. The Bertz CT molecular complexity index is 1920. The maximum atomic E-state index is 14.6. The molecule has 3 heterocycles. The first-order valence-corrected chi connectivity index (χ1v) is 18.5. The van der Waals surface area contributed by atoms with Crippen LogP contribution in [0.2, 0.25) is 0 Å². The van der Waals surface area contributed by atoms with Crippen molar-refractivity contribution in [2.24, 2.45) is 5.41 Å². The van der Waals surface area contributed by atoms with Crippen molar-refractivity contribution in [3.05, 3.63) is 89.1 Å². The van der Waals surface area contributed by atoms with Gasteiger partial charge in [0, 0.05) is 44.5 Å². The standard InChI is InChI=1S/C38H48N6O6S/c1-26-11-8-12-27(2)35(26)32-22-34-41-37(40-32)42-51(46,47)31-15-9-13-28(21-31)36(45)44(30(25-50-34)23-38(3,4)5)24-29-14-10-16-33(39-29)43(17-19-48-6)18-20-49-7/h8-16,21-22,30H,17-20,23-25H2,1-7H3,(H,40,41,42)/t30-/m1/s1. The molecule has 2 aromatic carbocycles. The van der Waals surface area contributed by atoms with Gasteiger partial charge < -0.3 is 24.0 Å². The van der Waals surface area contributed by atoms with Crippen LogP contribution in [0.1, 0.15) is 54.4 Å². The van der Waals surface area contributed by atoms with Crippen LogP contribution in [0.3, 0.4) is 0 Å². The van der Waals surface area contributed by atoms with Crippen molar-refractivity contribution in [1.29, 1.82) is 0 Å². The molecule has 1 aliphatic rings. The second-order valence-electron chi connectivity index (χ2n) is 13.9. The number of carbonyl (C=O) groups excluding carboxylic acids is 1. The third kappa shape index (κ3) is 9.60. The third-order valence-corrected chi connectivity index (χ3v) is 9.93. The fourth-order valence-electron chi connectivity index (χ4n) is 6.20. The fourth-order valence-corrected chi connectivity index (χ4v) is 7.19. The van der Waals surface area contributed by atoms with Gasteiger partial charge in [-0.1, -0.05) is 51.1 Å². The zero-order valence-electron chi connectivity index (χ0n) is 30.5. The smallest absolute Gasteiger partial charge is 0.264 e. The van der Waals surface area contributed by atoms with E-state index in [9.17, 15) is 13.2 Å². The number of amides is 1. The van der Waals surface area contributed by atoms with Crippen LogP contribution in [0, 0.1) is 19.3 Å². The lowest BCUT2D eigenvalue weighted by Crippen LogP contribution is -2.45. The molecule has 0 spiro atoms. The Kier molecular flexibility index (Phi) is 11.9. The Morgan fingerprint density at radius 2 is 1.59 bits per heavy atom. The number of carbonyl (C=O) groups is 1. The molecule has 0 unspecified atom stereocenters. The average molecular weight is 717 g/mol. The van der Waals surface area contributed by atoms with Gasteiger partial charge in [-0.25, -0.2) is 23.1 Å². The monoisotopic (exact) mass is 716 g/mol. The van der Waals surface area contributed by atoms with E-state index in [0.29, 0.717) is 44.1 Å². The summed E-state index contributed by atoms with van der Waals surface area (Å²) in [5.74, 6) is 0.443. The average Bonchev–Trinajstić information content (AvgIpc) is 3.08. The van der Waals surface area contributed by atoms with E-state index in [4.69, 9.17) is 19.2 Å². The fraction of sp³-hybridized carbons (Fsp3) is 0.421. The molecule has 2 aromatic heterocycles. The van der Waals surface area contributed by atoms with E-state index >= 15 is 0 Å². The maximum Gasteiger partial charge on any atom is 0.264 e. The number of rotatable bonds is 11. The summed E-state index contributed by atoms with van der Waals surface area (Å²) in [5, 5.41) is 0. The molecule has 0 saturated carbocycles. The number of nitrogens with one attached hydrogen (secondary N) is 1. The van der Waals surface area contributed by atoms with Crippen LogP contribution < -0.4 is 14.4 Å². The second-order valence-corrected chi connectivity index (χ2v) is 15.6. The molecule has 1 amide bonds. The van der Waals surface area contributed by atoms with E-state index in [1.807, 2.05) is 50.2 Å². The molecule has 1 N–H and O–H groups in total. The minimum absolute atomic E-state index is 0.0875. The van der Waals surface area contributed by atoms with Crippen LogP contribution in [-0.4, -0.2) is 87.3 Å². The summed E-state index contributed by atoms with van der Waals surface area (Å²) in [7, 11) is -0.878. The van der Waals surface area contributed by atoms with E-state index in [-0.39, 0.29) is 46.8 Å². The SMILES string of the molecule is COCCN(CCOC)c1cccc(CN2C(=O)c3cccc(c3)S(=O)(=O)Nc3nc(cc(-c4c(C)cccc4C)n3)OC[C@H]2CC(C)(C)C)n1. The Balaban J connectivity index is 1.62. The summed E-state index contributed by atoms with van der Waals surface area (Å²) in [5.41, 5.74) is 3.99. The van der Waals surface area contributed by atoms with Gasteiger partial charge in [0.15, 0.2) is 0 Å². The summed E-state index contributed by atoms with van der Waals surface area (Å²) in [4.78, 5) is 32.4. The molecule has 0 aliphatic carbocycles. The molecule has 4 bridgehead atoms. The number of pyridine rings is 1. The van der Waals surface area contributed by atoms with Crippen molar-refractivity contribution in [3.63, 3.8) is 0 Å². The van der Waals surface area contributed by atoms with Gasteiger partial charge in [0.1, 0.15) is 12.4 Å². The van der Waals surface area contributed by atoms with Crippen LogP contribution in [0.15, 0.2) is 71.6 Å². The van der Waals surface area contributed by atoms with Gasteiger partial charge in [-0.2, -0.15) is 4.98 Å². The highest BCUT2D eigenvalue weighted by molar-refractivity contribution is 7.92. The molecular weight excluding hydrogens is 669 g/mol. The van der Waals surface area contributed by atoms with E-state index in [0.717, 1.165) is 22.5 Å². The summed E-state index contributed by atoms with van der Waals surface area (Å²) >= 11 is 0. The number of aryl methyl sites for hydroxylation is 2. The van der Waals surface area contributed by atoms with Gasteiger partial charge in [-0.05, 0) is 67.1 Å². The van der Waals surface area contributed by atoms with Gasteiger partial charge >= 0.3 is 0 Å². The number of aromatic nitrogens is 3. The summed E-state index contributed by atoms with van der Waals surface area (Å²) in [6.07, 6.45) is 0.574. The Morgan fingerprint density at radius 3 is 2.25 bits per heavy atom. The quantitative estimate of drug-likeness (QED) is 0.200. The number of hydrogen-bond acceptors (Lipinski definition) is 10. The molecule has 5 rings (SSSR count). The van der Waals surface area contributed by atoms with Gasteiger partial charge in [0.25, 0.3) is 15.9 Å². The Labute approximate surface area is 301 Å². The first kappa shape index (κ1) is 37.7. The van der Waals surface area contributed by atoms with E-state index in [1.165, 1.54) is 12.1 Å². The predicted octanol–water partition coefficient (Wildman–Crippen LogP) is 5.90. The molecule has 272 valence electrons. The van der Waals surface area contributed by atoms with Gasteiger partial charge in [0.2, 0.25) is 11.8 Å². The van der Waals surface area contributed by atoms with Gasteiger partial charge in [-0.3, -0.25) is 4.79 Å². The predicted molar refractivity (Wildman–Crippen MR) is 198 cm³/mol. The van der Waals surface area contributed by atoms with E-state index in [1.54, 1.807) is 37.3 Å². The minimum atomic E-state index is -4.19. The number of benzene rings is 2. The second kappa shape index (κ2) is 16.2. The van der Waals surface area contributed by atoms with Crippen molar-refractivity contribution in [1.82, 2.24) is 19.9 Å². The van der Waals surface area contributed by atoms with Crippen molar-refractivity contribution < 1.29 is 27.4 Å². The highest BCUT2D eigenvalue weighted by Gasteiger charge is 2.32. The van der Waals surface area contributed by atoms with E-state index in [2.05, 4.69) is 40.4 Å². The highest BCUT2D eigenvalue weighted by Crippen LogP contribution is 2.32. The molecular formula is C38H48N6O6S. The number of sulfonamides is 1. The molecule has 0 fully saturated rings. The number of anilines is 2. The number of methoxy groups -OCH3 is 2. The van der Waals surface area contributed by atoms with Crippen LogP contribution in [0.5, 0.6) is 5.88 Å². The third-order valence-electron chi connectivity index (χ3n) is 8.61. The van der Waals surface area contributed by atoms with Crippen LogP contribution in [0.4, 0.5) is 11.8 Å². The van der Waals surface area contributed by atoms with Crippen LogP contribution >= 0.6 is 0 Å². The lowest BCUT2D eigenvalue weighted by atomic mass is 9.87. The zero-order valence-corrected chi connectivity index (χ0v) is 31.3. The maximum absolute atomic E-state index is 14.6. The van der Waals surface area contributed by atoms with Crippen molar-refractivity contribution >= 4 is 27.7 Å². The number of ether oxygens (including phenoxy) is 3. The van der Waals surface area contributed by atoms with Crippen LogP contribution in [0.25, 0.3) is 11.3 Å². The van der Waals surface area contributed by atoms with Crippen molar-refractivity contribution in [2.75, 3.05) is 56.8 Å². The lowest BCUT2D eigenvalue weighted by molar-refractivity contribution is 0.0509. The number of fused-ring (bicyclic) bond motifs is 4. The normalized spacial score (nSPS) is 15.9. The molecule has 51 heavy (non-hydrogen) atoms. The molecule has 0 radical (unpaired) electrons. The van der Waals surface area contributed by atoms with Crippen molar-refractivity contribution in [3.8, 4) is 17.1 Å². The first-order chi connectivity index (χ1) is 24.3. The molecule has 1 atom stereocenters. The Morgan fingerprint density at radius 1 is 0.922 bits per heavy atom. The molecule has 13 heteroatoms. The first-order valence-electron chi connectivity index (χ1n) is 17.0. The Hall–Kier alpha value is -4.59. The van der Waals surface area contributed by atoms with Crippen molar-refractivity contribution in [2.45, 2.75) is 58.5 Å². The summed E-state index contributed by atoms with van der Waals surface area (Å²) in [6, 6.07) is 18.9.